The maximum Gasteiger partial charge on any atom is 0.242 e. The minimum absolute atomic E-state index is 0.129. The minimum Gasteiger partial charge on any atom is -0.315 e. The molecule has 0 bridgehead atoms. The van der Waals surface area contributed by atoms with Crippen LogP contribution in [-0.2, 0) is 23.1 Å². The monoisotopic (exact) mass is 312 g/mol. The molecule has 2 N–H and O–H groups in total. The van der Waals surface area contributed by atoms with Crippen LogP contribution in [0.5, 0.6) is 0 Å². The molecule has 2 heterocycles. The van der Waals surface area contributed by atoms with Crippen LogP contribution < -0.4 is 10.0 Å². The molecule has 0 fully saturated rings. The summed E-state index contributed by atoms with van der Waals surface area (Å²) >= 11 is 1.44. The maximum absolute atomic E-state index is 12.4. The Labute approximate surface area is 122 Å². The first kappa shape index (κ1) is 15.0. The van der Waals surface area contributed by atoms with Gasteiger partial charge in [-0.05, 0) is 37.0 Å². The zero-order chi connectivity index (χ0) is 14.6. The molecule has 20 heavy (non-hydrogen) atoms. The lowest BCUT2D eigenvalue weighted by Gasteiger charge is -2.08. The molecule has 2 aromatic heterocycles. The number of hydrogen-bond acceptors (Lipinski definition) is 6. The third kappa shape index (κ3) is 3.40. The van der Waals surface area contributed by atoms with Crippen molar-refractivity contribution in [3.8, 4) is 0 Å². The Balaban J connectivity index is 2.20. The van der Waals surface area contributed by atoms with E-state index in [9.17, 15) is 8.42 Å². The molecule has 108 valence electrons. The van der Waals surface area contributed by atoms with E-state index >= 15 is 0 Å². The van der Waals surface area contributed by atoms with Gasteiger partial charge in [0, 0.05) is 17.6 Å². The van der Waals surface area contributed by atoms with Crippen molar-refractivity contribution >= 4 is 21.4 Å². The zero-order valence-corrected chi connectivity index (χ0v) is 12.9. The molecule has 0 saturated carbocycles. The van der Waals surface area contributed by atoms with Crippen molar-refractivity contribution in [1.82, 2.24) is 20.2 Å². The van der Waals surface area contributed by atoms with Gasteiger partial charge in [0.15, 0.2) is 0 Å². The van der Waals surface area contributed by atoms with Gasteiger partial charge in [-0.15, -0.1) is 11.3 Å². The standard InChI is InChI=1S/C12H16N4O2S2/c1-9-8-19-11(7-13-2)12(9)20(17,18)15-6-10-4-3-5-14-16-10/h3-5,8,13,15H,6-7H2,1-2H3. The quantitative estimate of drug-likeness (QED) is 0.833. The highest BCUT2D eigenvalue weighted by Gasteiger charge is 2.22. The summed E-state index contributed by atoms with van der Waals surface area (Å²) in [6.07, 6.45) is 1.55. The Kier molecular flexibility index (Phi) is 4.81. The molecule has 0 spiro atoms. The largest absolute Gasteiger partial charge is 0.315 e. The SMILES string of the molecule is CNCc1scc(C)c1S(=O)(=O)NCc1cccnn1. The van der Waals surface area contributed by atoms with E-state index in [1.54, 1.807) is 32.3 Å². The van der Waals surface area contributed by atoms with Gasteiger partial charge in [-0.2, -0.15) is 10.2 Å². The predicted octanol–water partition coefficient (Wildman–Crippen LogP) is 1.04. The molecule has 0 aliphatic heterocycles. The van der Waals surface area contributed by atoms with E-state index in [0.717, 1.165) is 10.4 Å². The first-order chi connectivity index (χ1) is 9.54. The molecular formula is C12H16N4O2S2. The van der Waals surface area contributed by atoms with Crippen molar-refractivity contribution in [3.05, 3.63) is 39.8 Å². The van der Waals surface area contributed by atoms with Crippen molar-refractivity contribution in [2.45, 2.75) is 24.9 Å². The second-order valence-electron chi connectivity index (χ2n) is 4.24. The molecule has 0 aliphatic rings. The van der Waals surface area contributed by atoms with E-state index in [1.165, 1.54) is 11.3 Å². The number of nitrogens with one attached hydrogen (secondary N) is 2. The Morgan fingerprint density at radius 2 is 2.15 bits per heavy atom. The van der Waals surface area contributed by atoms with Crippen molar-refractivity contribution < 1.29 is 8.42 Å². The molecule has 0 unspecified atom stereocenters. The summed E-state index contributed by atoms with van der Waals surface area (Å²) in [7, 11) is -1.76. The number of nitrogens with zero attached hydrogens (tertiary/aromatic N) is 2. The number of sulfonamides is 1. The highest BCUT2D eigenvalue weighted by Crippen LogP contribution is 2.26. The summed E-state index contributed by atoms with van der Waals surface area (Å²) in [6.45, 7) is 2.46. The van der Waals surface area contributed by atoms with Crippen LogP contribution in [0.4, 0.5) is 0 Å². The zero-order valence-electron chi connectivity index (χ0n) is 11.3. The summed E-state index contributed by atoms with van der Waals surface area (Å²) in [6, 6.07) is 3.45. The predicted molar refractivity (Wildman–Crippen MR) is 77.9 cm³/mol. The van der Waals surface area contributed by atoms with Gasteiger partial charge in [0.25, 0.3) is 0 Å². The third-order valence-corrected chi connectivity index (χ3v) is 5.53. The summed E-state index contributed by atoms with van der Waals surface area (Å²) < 4.78 is 27.4. The maximum atomic E-state index is 12.4. The Morgan fingerprint density at radius 1 is 1.35 bits per heavy atom. The fourth-order valence-electron chi connectivity index (χ4n) is 1.80. The molecule has 0 atom stereocenters. The van der Waals surface area contributed by atoms with Crippen molar-refractivity contribution in [2.24, 2.45) is 0 Å². The van der Waals surface area contributed by atoms with Crippen LogP contribution in [0.15, 0.2) is 28.6 Å². The summed E-state index contributed by atoms with van der Waals surface area (Å²) in [5, 5.41) is 12.4. The van der Waals surface area contributed by atoms with Gasteiger partial charge in [0.1, 0.15) is 4.90 Å². The van der Waals surface area contributed by atoms with Crippen LogP contribution in [0.1, 0.15) is 16.1 Å². The first-order valence-electron chi connectivity index (χ1n) is 6.02. The second kappa shape index (κ2) is 6.40. The van der Waals surface area contributed by atoms with Gasteiger partial charge in [-0.25, -0.2) is 13.1 Å². The van der Waals surface area contributed by atoms with Crippen LogP contribution in [0.25, 0.3) is 0 Å². The van der Waals surface area contributed by atoms with Crippen LogP contribution >= 0.6 is 11.3 Å². The van der Waals surface area contributed by atoms with Crippen molar-refractivity contribution in [1.29, 1.82) is 0 Å². The van der Waals surface area contributed by atoms with E-state index in [0.29, 0.717) is 17.1 Å². The minimum atomic E-state index is -3.55. The van der Waals surface area contributed by atoms with Crippen LogP contribution in [-0.4, -0.2) is 25.7 Å². The van der Waals surface area contributed by atoms with E-state index in [-0.39, 0.29) is 6.54 Å². The molecule has 6 nitrogen and oxygen atoms in total. The highest BCUT2D eigenvalue weighted by atomic mass is 32.2. The second-order valence-corrected chi connectivity index (χ2v) is 6.91. The smallest absolute Gasteiger partial charge is 0.242 e. The molecule has 2 aromatic rings. The molecule has 0 aromatic carbocycles. The summed E-state index contributed by atoms with van der Waals surface area (Å²) in [5.41, 5.74) is 1.34. The van der Waals surface area contributed by atoms with Gasteiger partial charge in [0.05, 0.1) is 12.2 Å². The highest BCUT2D eigenvalue weighted by molar-refractivity contribution is 7.89. The number of aryl methyl sites for hydroxylation is 1. The number of thiophene rings is 1. The van der Waals surface area contributed by atoms with E-state index in [1.807, 2.05) is 5.38 Å². The average Bonchev–Trinajstić information content (AvgIpc) is 2.80. The molecular weight excluding hydrogens is 296 g/mol. The van der Waals surface area contributed by atoms with Gasteiger partial charge < -0.3 is 5.32 Å². The Morgan fingerprint density at radius 3 is 2.80 bits per heavy atom. The Bertz CT molecular complexity index is 668. The lowest BCUT2D eigenvalue weighted by molar-refractivity contribution is 0.578. The van der Waals surface area contributed by atoms with Crippen molar-refractivity contribution in [3.63, 3.8) is 0 Å². The fourth-order valence-corrected chi connectivity index (χ4v) is 4.62. The number of hydrogen-bond donors (Lipinski definition) is 2. The topological polar surface area (TPSA) is 84.0 Å². The lowest BCUT2D eigenvalue weighted by Crippen LogP contribution is -2.25. The summed E-state index contributed by atoms with van der Waals surface area (Å²) in [4.78, 5) is 1.16. The van der Waals surface area contributed by atoms with Gasteiger partial charge >= 0.3 is 0 Å². The lowest BCUT2D eigenvalue weighted by atomic mass is 10.3. The number of aromatic nitrogens is 2. The number of rotatable bonds is 6. The van der Waals surface area contributed by atoms with Gasteiger partial charge in [0.2, 0.25) is 10.0 Å². The van der Waals surface area contributed by atoms with E-state index in [2.05, 4.69) is 20.2 Å². The van der Waals surface area contributed by atoms with E-state index in [4.69, 9.17) is 0 Å². The van der Waals surface area contributed by atoms with Crippen LogP contribution in [0.3, 0.4) is 0 Å². The van der Waals surface area contributed by atoms with Crippen LogP contribution in [0, 0.1) is 6.92 Å². The molecule has 0 radical (unpaired) electrons. The van der Waals surface area contributed by atoms with Gasteiger partial charge in [-0.3, -0.25) is 0 Å². The summed E-state index contributed by atoms with van der Waals surface area (Å²) in [5.74, 6) is 0. The first-order valence-corrected chi connectivity index (χ1v) is 8.38. The average molecular weight is 312 g/mol. The van der Waals surface area contributed by atoms with Gasteiger partial charge in [-0.1, -0.05) is 0 Å². The third-order valence-electron chi connectivity index (χ3n) is 2.67. The molecule has 0 aliphatic carbocycles. The Hall–Kier alpha value is -1.35. The molecule has 0 amide bonds. The van der Waals surface area contributed by atoms with E-state index < -0.39 is 10.0 Å². The molecule has 0 saturated heterocycles. The fraction of sp³-hybridized carbons (Fsp3) is 0.333. The van der Waals surface area contributed by atoms with Crippen molar-refractivity contribution in [2.75, 3.05) is 7.05 Å². The normalized spacial score (nSPS) is 11.7. The molecule has 2 rings (SSSR count). The molecule has 8 heteroatoms. The van der Waals surface area contributed by atoms with Crippen LogP contribution in [0.2, 0.25) is 0 Å².